The predicted molar refractivity (Wildman–Crippen MR) is 111 cm³/mol. The van der Waals surface area contributed by atoms with Crippen molar-refractivity contribution in [2.24, 2.45) is 4.99 Å². The van der Waals surface area contributed by atoms with Gasteiger partial charge in [0.15, 0.2) is 5.96 Å². The highest BCUT2D eigenvalue weighted by Crippen LogP contribution is 2.20. The summed E-state index contributed by atoms with van der Waals surface area (Å²) < 4.78 is 32.5. The van der Waals surface area contributed by atoms with E-state index < -0.39 is 11.6 Å². The minimum atomic E-state index is -0.470. The summed E-state index contributed by atoms with van der Waals surface area (Å²) in [5.41, 5.74) is 2.36. The number of hydrogen-bond donors (Lipinski definition) is 2. The van der Waals surface area contributed by atoms with Crippen LogP contribution in [-0.2, 0) is 13.1 Å². The van der Waals surface area contributed by atoms with E-state index in [-0.39, 0.29) is 36.1 Å². The summed E-state index contributed by atoms with van der Waals surface area (Å²) in [7, 11) is 1.62. The molecule has 2 rings (SSSR count). The number of halogens is 3. The van der Waals surface area contributed by atoms with Crippen LogP contribution in [0.5, 0.6) is 5.75 Å². The molecule has 2 N–H and O–H groups in total. The molecule has 142 valence electrons. The van der Waals surface area contributed by atoms with Crippen LogP contribution >= 0.6 is 24.0 Å². The predicted octanol–water partition coefficient (Wildman–Crippen LogP) is 4.16. The number of hydrogen-bond acceptors (Lipinski definition) is 2. The van der Waals surface area contributed by atoms with Crippen molar-refractivity contribution in [1.82, 2.24) is 10.6 Å². The van der Waals surface area contributed by atoms with Crippen molar-refractivity contribution in [2.75, 3.05) is 13.7 Å². The maximum absolute atomic E-state index is 13.7. The molecule has 0 aliphatic rings. The van der Waals surface area contributed by atoms with Crippen LogP contribution in [0, 0.1) is 18.6 Å². The van der Waals surface area contributed by atoms with E-state index in [2.05, 4.69) is 15.6 Å². The van der Waals surface area contributed by atoms with Gasteiger partial charge in [0.1, 0.15) is 17.4 Å². The fraction of sp³-hybridized carbons (Fsp3) is 0.316. The molecule has 0 unspecified atom stereocenters. The van der Waals surface area contributed by atoms with Gasteiger partial charge in [-0.05, 0) is 43.7 Å². The molecule has 0 bridgehead atoms. The fourth-order valence-electron chi connectivity index (χ4n) is 2.35. The number of aliphatic imine (C=N–C) groups is 1. The van der Waals surface area contributed by atoms with Crippen LogP contribution in [0.25, 0.3) is 0 Å². The molecular formula is C19H24F2IN3O. The molecule has 2 aromatic rings. The van der Waals surface area contributed by atoms with Crippen LogP contribution < -0.4 is 15.4 Å². The van der Waals surface area contributed by atoms with Crippen LogP contribution in [0.3, 0.4) is 0 Å². The summed E-state index contributed by atoms with van der Waals surface area (Å²) in [5, 5.41) is 6.13. The standard InChI is InChI=1S/C19H23F2N3O.HI/c1-4-25-18-9-13(2)5-6-14(18)11-23-19(22-3)24-12-15-10-16(20)7-8-17(15)21;/h5-10H,4,11-12H2,1-3H3,(H2,22,23,24);1H. The average Bonchev–Trinajstić information content (AvgIpc) is 2.59. The van der Waals surface area contributed by atoms with Crippen LogP contribution in [0.15, 0.2) is 41.4 Å². The summed E-state index contributed by atoms with van der Waals surface area (Å²) in [6, 6.07) is 9.37. The van der Waals surface area contributed by atoms with Crippen molar-refractivity contribution >= 4 is 29.9 Å². The number of nitrogens with zero attached hydrogens (tertiary/aromatic N) is 1. The van der Waals surface area contributed by atoms with E-state index in [0.29, 0.717) is 19.1 Å². The van der Waals surface area contributed by atoms with Gasteiger partial charge in [0.25, 0.3) is 0 Å². The molecule has 0 amide bonds. The van der Waals surface area contributed by atoms with Gasteiger partial charge in [0, 0.05) is 31.3 Å². The lowest BCUT2D eigenvalue weighted by Crippen LogP contribution is -2.36. The van der Waals surface area contributed by atoms with Gasteiger partial charge in [-0.1, -0.05) is 12.1 Å². The highest BCUT2D eigenvalue weighted by atomic mass is 127. The first-order valence-electron chi connectivity index (χ1n) is 8.14. The van der Waals surface area contributed by atoms with Gasteiger partial charge in [-0.15, -0.1) is 24.0 Å². The van der Waals surface area contributed by atoms with Gasteiger partial charge in [0.05, 0.1) is 6.61 Å². The van der Waals surface area contributed by atoms with Crippen molar-refractivity contribution < 1.29 is 13.5 Å². The number of benzene rings is 2. The second-order valence-electron chi connectivity index (χ2n) is 5.56. The Balaban J connectivity index is 0.00000338. The Kier molecular flexibility index (Phi) is 9.32. The molecule has 0 aliphatic heterocycles. The Bertz CT molecular complexity index is 754. The number of rotatable bonds is 6. The lowest BCUT2D eigenvalue weighted by Gasteiger charge is -2.15. The van der Waals surface area contributed by atoms with E-state index in [1.165, 1.54) is 6.07 Å². The lowest BCUT2D eigenvalue weighted by atomic mass is 10.1. The largest absolute Gasteiger partial charge is 0.494 e. The van der Waals surface area contributed by atoms with E-state index in [1.54, 1.807) is 7.05 Å². The minimum absolute atomic E-state index is 0. The van der Waals surface area contributed by atoms with Crippen LogP contribution in [-0.4, -0.2) is 19.6 Å². The summed E-state index contributed by atoms with van der Waals surface area (Å²) in [4.78, 5) is 4.10. The highest BCUT2D eigenvalue weighted by molar-refractivity contribution is 14.0. The summed E-state index contributed by atoms with van der Waals surface area (Å²) in [6.07, 6.45) is 0. The third-order valence-corrected chi connectivity index (χ3v) is 3.65. The van der Waals surface area contributed by atoms with Crippen LogP contribution in [0.4, 0.5) is 8.78 Å². The SMILES string of the molecule is CCOc1cc(C)ccc1CNC(=NC)NCc1cc(F)ccc1F.I. The summed E-state index contributed by atoms with van der Waals surface area (Å²) >= 11 is 0. The summed E-state index contributed by atoms with van der Waals surface area (Å²) in [5.74, 6) is 0.386. The lowest BCUT2D eigenvalue weighted by molar-refractivity contribution is 0.336. The third kappa shape index (κ3) is 6.44. The molecule has 0 aromatic heterocycles. The van der Waals surface area contributed by atoms with Crippen LogP contribution in [0.2, 0.25) is 0 Å². The van der Waals surface area contributed by atoms with E-state index in [9.17, 15) is 8.78 Å². The second kappa shape index (κ2) is 10.9. The Morgan fingerprint density at radius 3 is 2.38 bits per heavy atom. The molecule has 0 fully saturated rings. The first kappa shape index (κ1) is 22.1. The maximum atomic E-state index is 13.7. The Morgan fingerprint density at radius 1 is 1.04 bits per heavy atom. The molecule has 4 nitrogen and oxygen atoms in total. The molecule has 7 heteroatoms. The number of aryl methyl sites for hydroxylation is 1. The van der Waals surface area contributed by atoms with Crippen molar-refractivity contribution in [3.05, 3.63) is 64.7 Å². The zero-order valence-corrected chi connectivity index (χ0v) is 17.4. The normalized spacial score (nSPS) is 10.9. The first-order valence-corrected chi connectivity index (χ1v) is 8.14. The second-order valence-corrected chi connectivity index (χ2v) is 5.56. The Labute approximate surface area is 170 Å². The summed E-state index contributed by atoms with van der Waals surface area (Å²) in [6.45, 7) is 5.17. The first-order chi connectivity index (χ1) is 12.0. The molecule has 0 radical (unpaired) electrons. The van der Waals surface area contributed by atoms with Crippen molar-refractivity contribution in [1.29, 1.82) is 0 Å². The number of ether oxygens (including phenoxy) is 1. The van der Waals surface area contributed by atoms with Crippen molar-refractivity contribution in [3.8, 4) is 5.75 Å². The van der Waals surface area contributed by atoms with E-state index in [1.807, 2.05) is 32.0 Å². The van der Waals surface area contributed by atoms with Crippen molar-refractivity contribution in [3.63, 3.8) is 0 Å². The smallest absolute Gasteiger partial charge is 0.191 e. The molecule has 26 heavy (non-hydrogen) atoms. The minimum Gasteiger partial charge on any atom is -0.494 e. The third-order valence-electron chi connectivity index (χ3n) is 3.65. The number of guanidine groups is 1. The van der Waals surface area contributed by atoms with Gasteiger partial charge < -0.3 is 15.4 Å². The molecule has 2 aromatic carbocycles. The van der Waals surface area contributed by atoms with Gasteiger partial charge in [-0.3, -0.25) is 4.99 Å². The van der Waals surface area contributed by atoms with Gasteiger partial charge in [-0.25, -0.2) is 8.78 Å². The van der Waals surface area contributed by atoms with Gasteiger partial charge in [0.2, 0.25) is 0 Å². The molecular weight excluding hydrogens is 451 g/mol. The van der Waals surface area contributed by atoms with Gasteiger partial charge >= 0.3 is 0 Å². The highest BCUT2D eigenvalue weighted by Gasteiger charge is 2.07. The van der Waals surface area contributed by atoms with Crippen molar-refractivity contribution in [2.45, 2.75) is 26.9 Å². The molecule has 0 saturated heterocycles. The molecule has 0 atom stereocenters. The maximum Gasteiger partial charge on any atom is 0.191 e. The topological polar surface area (TPSA) is 45.6 Å². The Morgan fingerprint density at radius 2 is 1.73 bits per heavy atom. The fourth-order valence-corrected chi connectivity index (χ4v) is 2.35. The quantitative estimate of drug-likeness (QED) is 0.375. The molecule has 0 aliphatic carbocycles. The monoisotopic (exact) mass is 475 g/mol. The molecule has 0 heterocycles. The van der Waals surface area contributed by atoms with Gasteiger partial charge in [-0.2, -0.15) is 0 Å². The van der Waals surface area contributed by atoms with E-state index >= 15 is 0 Å². The molecule has 0 spiro atoms. The van der Waals surface area contributed by atoms with Crippen LogP contribution in [0.1, 0.15) is 23.6 Å². The average molecular weight is 475 g/mol. The van der Waals surface area contributed by atoms with E-state index in [4.69, 9.17) is 4.74 Å². The zero-order chi connectivity index (χ0) is 18.2. The zero-order valence-electron chi connectivity index (χ0n) is 15.1. The Hall–Kier alpha value is -1.90. The number of nitrogens with one attached hydrogen (secondary N) is 2. The van der Waals surface area contributed by atoms with E-state index in [0.717, 1.165) is 29.0 Å². The molecule has 0 saturated carbocycles.